The summed E-state index contributed by atoms with van der Waals surface area (Å²) in [4.78, 5) is 22.6. The van der Waals surface area contributed by atoms with Gasteiger partial charge in [-0.1, -0.05) is 5.92 Å². The molecule has 1 heterocycles. The van der Waals surface area contributed by atoms with Gasteiger partial charge >= 0.3 is 5.97 Å². The molecule has 6 nitrogen and oxygen atoms in total. The van der Waals surface area contributed by atoms with Crippen LogP contribution in [0, 0.1) is 26.2 Å². The minimum atomic E-state index is -0.441. The Morgan fingerprint density at radius 1 is 1.53 bits per heavy atom. The number of nitrogens with zero attached hydrogens (tertiary/aromatic N) is 2. The quantitative estimate of drug-likeness (QED) is 0.587. The van der Waals surface area contributed by atoms with Crippen LogP contribution >= 0.6 is 0 Å². The zero-order valence-electron chi connectivity index (χ0n) is 11.1. The van der Waals surface area contributed by atoms with Crippen LogP contribution in [0.4, 0.5) is 0 Å². The summed E-state index contributed by atoms with van der Waals surface area (Å²) in [6.07, 6.45) is 5.15. The molecular weight excluding hydrogens is 246 g/mol. The van der Waals surface area contributed by atoms with Crippen LogP contribution < -0.4 is 5.32 Å². The van der Waals surface area contributed by atoms with Gasteiger partial charge in [-0.05, 0) is 19.9 Å². The molecule has 1 rings (SSSR count). The molecule has 0 unspecified atom stereocenters. The molecular formula is C13H17N3O3. The predicted molar refractivity (Wildman–Crippen MR) is 69.1 cm³/mol. The first-order valence-electron chi connectivity index (χ1n) is 5.89. The van der Waals surface area contributed by atoms with E-state index in [2.05, 4.69) is 16.3 Å². The largest absolute Gasteiger partial charge is 0.456 e. The number of esters is 1. The van der Waals surface area contributed by atoms with Crippen molar-refractivity contribution >= 4 is 11.9 Å². The van der Waals surface area contributed by atoms with Gasteiger partial charge < -0.3 is 10.1 Å². The van der Waals surface area contributed by atoms with Crippen molar-refractivity contribution in [2.24, 2.45) is 0 Å². The maximum atomic E-state index is 11.4. The van der Waals surface area contributed by atoms with Gasteiger partial charge in [-0.3, -0.25) is 14.3 Å². The summed E-state index contributed by atoms with van der Waals surface area (Å²) >= 11 is 0. The molecule has 0 radical (unpaired) electrons. The van der Waals surface area contributed by atoms with Crippen molar-refractivity contribution in [1.29, 1.82) is 0 Å². The van der Waals surface area contributed by atoms with E-state index in [4.69, 9.17) is 11.2 Å². The first kappa shape index (κ1) is 14.8. The van der Waals surface area contributed by atoms with Gasteiger partial charge in [0.15, 0.2) is 6.61 Å². The highest BCUT2D eigenvalue weighted by atomic mass is 16.5. The van der Waals surface area contributed by atoms with E-state index in [1.165, 1.54) is 0 Å². The normalized spacial score (nSPS) is 9.74. The number of amides is 1. The van der Waals surface area contributed by atoms with Crippen LogP contribution in [0.15, 0.2) is 6.07 Å². The number of ether oxygens (including phenoxy) is 1. The number of aromatic nitrogens is 2. The predicted octanol–water partition coefficient (Wildman–Crippen LogP) is 0.183. The van der Waals surface area contributed by atoms with Crippen molar-refractivity contribution in [3.8, 4) is 12.3 Å². The second-order valence-corrected chi connectivity index (χ2v) is 4.04. The van der Waals surface area contributed by atoms with E-state index in [-0.39, 0.29) is 19.6 Å². The molecule has 0 bridgehead atoms. The molecule has 1 aromatic heterocycles. The SMILES string of the molecule is C#CCNC(=O)COC(=O)CCn1nc(C)cc1C. The summed E-state index contributed by atoms with van der Waals surface area (Å²) in [6, 6.07) is 1.93. The second-order valence-electron chi connectivity index (χ2n) is 4.04. The maximum Gasteiger partial charge on any atom is 0.308 e. The highest BCUT2D eigenvalue weighted by Gasteiger charge is 2.08. The third kappa shape index (κ3) is 5.25. The fraction of sp³-hybridized carbons (Fsp3) is 0.462. The number of rotatable bonds is 6. The van der Waals surface area contributed by atoms with Gasteiger partial charge in [0.25, 0.3) is 5.91 Å². The fourth-order valence-corrected chi connectivity index (χ4v) is 1.52. The molecule has 0 aromatic carbocycles. The van der Waals surface area contributed by atoms with Crippen molar-refractivity contribution in [1.82, 2.24) is 15.1 Å². The van der Waals surface area contributed by atoms with Gasteiger partial charge in [0, 0.05) is 5.69 Å². The Kier molecular flexibility index (Phi) is 5.61. The summed E-state index contributed by atoms with van der Waals surface area (Å²) in [7, 11) is 0. The average Bonchev–Trinajstić information content (AvgIpc) is 2.69. The van der Waals surface area contributed by atoms with E-state index in [0.29, 0.717) is 6.54 Å². The lowest BCUT2D eigenvalue weighted by molar-refractivity contribution is -0.148. The Bertz CT molecular complexity index is 500. The first-order valence-corrected chi connectivity index (χ1v) is 5.89. The number of carbonyl (C=O) groups excluding carboxylic acids is 2. The topological polar surface area (TPSA) is 73.2 Å². The summed E-state index contributed by atoms with van der Waals surface area (Å²) in [6.45, 7) is 4.06. The van der Waals surface area contributed by atoms with E-state index in [0.717, 1.165) is 11.4 Å². The molecule has 0 atom stereocenters. The van der Waals surface area contributed by atoms with E-state index < -0.39 is 11.9 Å². The standard InChI is InChI=1S/C13H17N3O3/c1-4-6-14-12(17)9-19-13(18)5-7-16-11(3)8-10(2)15-16/h1,8H,5-7,9H2,2-3H3,(H,14,17). The van der Waals surface area contributed by atoms with E-state index in [1.807, 2.05) is 19.9 Å². The molecule has 0 saturated carbocycles. The second kappa shape index (κ2) is 7.21. The van der Waals surface area contributed by atoms with Gasteiger partial charge in [-0.2, -0.15) is 5.10 Å². The highest BCUT2D eigenvalue weighted by Crippen LogP contribution is 2.03. The third-order valence-electron chi connectivity index (χ3n) is 2.38. The van der Waals surface area contributed by atoms with Crippen molar-refractivity contribution < 1.29 is 14.3 Å². The summed E-state index contributed by atoms with van der Waals surface area (Å²) < 4.78 is 6.54. The zero-order valence-corrected chi connectivity index (χ0v) is 11.1. The molecule has 1 aromatic rings. The number of hydrogen-bond acceptors (Lipinski definition) is 4. The molecule has 19 heavy (non-hydrogen) atoms. The van der Waals surface area contributed by atoms with Crippen molar-refractivity contribution in [2.45, 2.75) is 26.8 Å². The lowest BCUT2D eigenvalue weighted by Gasteiger charge is -2.06. The smallest absolute Gasteiger partial charge is 0.308 e. The van der Waals surface area contributed by atoms with Crippen LogP contribution in [0.5, 0.6) is 0 Å². The summed E-state index contributed by atoms with van der Waals surface area (Å²) in [5.41, 5.74) is 1.89. The van der Waals surface area contributed by atoms with Crippen molar-refractivity contribution in [3.63, 3.8) is 0 Å². The fourth-order valence-electron chi connectivity index (χ4n) is 1.52. The van der Waals surface area contributed by atoms with Crippen LogP contribution in [-0.4, -0.2) is 34.8 Å². The summed E-state index contributed by atoms with van der Waals surface area (Å²) in [5.74, 6) is 1.41. The van der Waals surface area contributed by atoms with Gasteiger partial charge in [-0.15, -0.1) is 6.42 Å². The molecule has 0 aliphatic heterocycles. The first-order chi connectivity index (χ1) is 9.02. The molecule has 1 N–H and O–H groups in total. The third-order valence-corrected chi connectivity index (χ3v) is 2.38. The number of nitrogens with one attached hydrogen (secondary N) is 1. The Labute approximate surface area is 112 Å². The van der Waals surface area contributed by atoms with Crippen LogP contribution in [0.3, 0.4) is 0 Å². The molecule has 0 aliphatic carbocycles. The molecule has 102 valence electrons. The van der Waals surface area contributed by atoms with Gasteiger partial charge in [-0.25, -0.2) is 0 Å². The molecule has 0 saturated heterocycles. The average molecular weight is 263 g/mol. The van der Waals surface area contributed by atoms with Gasteiger partial charge in [0.2, 0.25) is 0 Å². The molecule has 0 aliphatic rings. The van der Waals surface area contributed by atoms with Crippen LogP contribution in [0.1, 0.15) is 17.8 Å². The van der Waals surface area contributed by atoms with Crippen LogP contribution in [-0.2, 0) is 20.9 Å². The van der Waals surface area contributed by atoms with Gasteiger partial charge in [0.05, 0.1) is 25.2 Å². The number of aryl methyl sites for hydroxylation is 3. The lowest BCUT2D eigenvalue weighted by Crippen LogP contribution is -2.29. The minimum absolute atomic E-state index is 0.127. The van der Waals surface area contributed by atoms with E-state index in [1.54, 1.807) is 4.68 Å². The Morgan fingerprint density at radius 2 is 2.26 bits per heavy atom. The van der Waals surface area contributed by atoms with Crippen LogP contribution in [0.25, 0.3) is 0 Å². The van der Waals surface area contributed by atoms with E-state index >= 15 is 0 Å². The monoisotopic (exact) mass is 263 g/mol. The van der Waals surface area contributed by atoms with Crippen molar-refractivity contribution in [2.75, 3.05) is 13.2 Å². The molecule has 1 amide bonds. The van der Waals surface area contributed by atoms with Crippen molar-refractivity contribution in [3.05, 3.63) is 17.5 Å². The Hall–Kier alpha value is -2.29. The molecule has 0 spiro atoms. The number of carbonyl (C=O) groups is 2. The highest BCUT2D eigenvalue weighted by molar-refractivity contribution is 5.80. The number of hydrogen-bond donors (Lipinski definition) is 1. The summed E-state index contributed by atoms with van der Waals surface area (Å²) in [5, 5.41) is 6.63. The maximum absolute atomic E-state index is 11.4. The van der Waals surface area contributed by atoms with E-state index in [9.17, 15) is 9.59 Å². The number of terminal acetylenes is 1. The molecule has 6 heteroatoms. The Balaban J connectivity index is 2.27. The van der Waals surface area contributed by atoms with Crippen LogP contribution in [0.2, 0.25) is 0 Å². The minimum Gasteiger partial charge on any atom is -0.456 e. The van der Waals surface area contributed by atoms with Gasteiger partial charge in [0.1, 0.15) is 0 Å². The lowest BCUT2D eigenvalue weighted by atomic mass is 10.4. The zero-order chi connectivity index (χ0) is 14.3. The molecule has 0 fully saturated rings. The Morgan fingerprint density at radius 3 is 2.84 bits per heavy atom.